The van der Waals surface area contributed by atoms with Crippen LogP contribution < -0.4 is 11.1 Å². The third-order valence-corrected chi connectivity index (χ3v) is 3.53. The molecule has 0 spiro atoms. The van der Waals surface area contributed by atoms with Gasteiger partial charge in [0.05, 0.1) is 18.7 Å². The van der Waals surface area contributed by atoms with Crippen LogP contribution in [-0.4, -0.2) is 29.7 Å². The summed E-state index contributed by atoms with van der Waals surface area (Å²) in [6.45, 7) is -0.112. The fourth-order valence-corrected chi connectivity index (χ4v) is 2.33. The minimum absolute atomic E-state index is 0. The monoisotopic (exact) mass is 334 g/mol. The van der Waals surface area contributed by atoms with Crippen molar-refractivity contribution in [1.29, 1.82) is 0 Å². The molecule has 0 heterocycles. The van der Waals surface area contributed by atoms with E-state index in [0.29, 0.717) is 12.8 Å². The Balaban J connectivity index is 0.00000264. The van der Waals surface area contributed by atoms with Gasteiger partial charge in [0.25, 0.3) is 0 Å². The van der Waals surface area contributed by atoms with Crippen LogP contribution in [0.4, 0.5) is 0 Å². The van der Waals surface area contributed by atoms with E-state index < -0.39 is 6.04 Å². The highest BCUT2D eigenvalue weighted by Crippen LogP contribution is 2.05. The molecule has 4 nitrogen and oxygen atoms in total. The quantitative estimate of drug-likeness (QED) is 0.721. The number of hydrogen-bond donors (Lipinski definition) is 3. The van der Waals surface area contributed by atoms with Crippen molar-refractivity contribution in [3.05, 3.63) is 71.8 Å². The number of aliphatic hydroxyl groups is 1. The van der Waals surface area contributed by atoms with E-state index in [0.717, 1.165) is 11.1 Å². The first-order valence-corrected chi connectivity index (χ1v) is 7.43. The largest absolute Gasteiger partial charge is 0.394 e. The van der Waals surface area contributed by atoms with Crippen molar-refractivity contribution in [2.45, 2.75) is 24.9 Å². The summed E-state index contributed by atoms with van der Waals surface area (Å²) in [5.74, 6) is -0.237. The molecule has 0 aromatic heterocycles. The SMILES string of the molecule is Cl.N[C@H](Cc1ccccc1)C(=O)N[C@H](CO)Cc1ccccc1. The summed E-state index contributed by atoms with van der Waals surface area (Å²) >= 11 is 0. The minimum atomic E-state index is -0.618. The first-order chi connectivity index (χ1) is 10.7. The summed E-state index contributed by atoms with van der Waals surface area (Å²) in [5.41, 5.74) is 8.04. The van der Waals surface area contributed by atoms with Crippen molar-refractivity contribution in [1.82, 2.24) is 5.32 Å². The lowest BCUT2D eigenvalue weighted by Crippen LogP contribution is -2.48. The summed E-state index contributed by atoms with van der Waals surface area (Å²) < 4.78 is 0. The molecule has 0 unspecified atom stereocenters. The molecule has 23 heavy (non-hydrogen) atoms. The van der Waals surface area contributed by atoms with Gasteiger partial charge in [-0.1, -0.05) is 60.7 Å². The van der Waals surface area contributed by atoms with Crippen LogP contribution in [0.25, 0.3) is 0 Å². The maximum absolute atomic E-state index is 12.2. The third kappa shape index (κ3) is 6.40. The number of carbonyl (C=O) groups is 1. The Morgan fingerprint density at radius 1 is 0.957 bits per heavy atom. The molecular weight excluding hydrogens is 312 g/mol. The summed E-state index contributed by atoms with van der Waals surface area (Å²) in [5, 5.41) is 12.3. The summed E-state index contributed by atoms with van der Waals surface area (Å²) in [7, 11) is 0. The van der Waals surface area contributed by atoms with Crippen molar-refractivity contribution >= 4 is 18.3 Å². The first kappa shape index (κ1) is 19.2. The number of benzene rings is 2. The van der Waals surface area contributed by atoms with Crippen LogP contribution in [0.2, 0.25) is 0 Å². The van der Waals surface area contributed by atoms with E-state index >= 15 is 0 Å². The zero-order valence-electron chi connectivity index (χ0n) is 12.9. The molecule has 2 aromatic carbocycles. The Hall–Kier alpha value is -1.88. The Kier molecular flexibility index (Phi) is 8.33. The number of amides is 1. The molecular formula is C18H23ClN2O2. The molecule has 0 saturated heterocycles. The predicted molar refractivity (Wildman–Crippen MR) is 94.5 cm³/mol. The minimum Gasteiger partial charge on any atom is -0.394 e. The molecule has 0 aliphatic rings. The fraction of sp³-hybridized carbons (Fsp3) is 0.278. The second-order valence-corrected chi connectivity index (χ2v) is 5.37. The number of carbonyl (C=O) groups excluding carboxylic acids is 1. The highest BCUT2D eigenvalue weighted by atomic mass is 35.5. The zero-order chi connectivity index (χ0) is 15.8. The molecule has 1 amide bonds. The number of rotatable bonds is 7. The average molecular weight is 335 g/mol. The van der Waals surface area contributed by atoms with Gasteiger partial charge in [-0.3, -0.25) is 4.79 Å². The highest BCUT2D eigenvalue weighted by molar-refractivity contribution is 5.85. The Morgan fingerprint density at radius 3 is 1.91 bits per heavy atom. The Morgan fingerprint density at radius 2 is 1.43 bits per heavy atom. The van der Waals surface area contributed by atoms with Gasteiger partial charge in [0.1, 0.15) is 0 Å². The Labute approximate surface area is 143 Å². The van der Waals surface area contributed by atoms with E-state index in [4.69, 9.17) is 5.73 Å². The van der Waals surface area contributed by atoms with Crippen LogP contribution in [-0.2, 0) is 17.6 Å². The van der Waals surface area contributed by atoms with Crippen molar-refractivity contribution in [2.75, 3.05) is 6.61 Å². The van der Waals surface area contributed by atoms with Gasteiger partial charge in [-0.2, -0.15) is 0 Å². The number of halogens is 1. The molecule has 124 valence electrons. The molecule has 0 aliphatic heterocycles. The molecule has 0 saturated carbocycles. The van der Waals surface area contributed by atoms with Gasteiger partial charge in [0.15, 0.2) is 0 Å². The van der Waals surface area contributed by atoms with E-state index in [1.54, 1.807) is 0 Å². The molecule has 0 aliphatic carbocycles. The maximum atomic E-state index is 12.2. The van der Waals surface area contributed by atoms with Crippen LogP contribution in [0.5, 0.6) is 0 Å². The van der Waals surface area contributed by atoms with Gasteiger partial charge in [-0.15, -0.1) is 12.4 Å². The van der Waals surface area contributed by atoms with Gasteiger partial charge in [0, 0.05) is 0 Å². The van der Waals surface area contributed by atoms with E-state index in [9.17, 15) is 9.90 Å². The van der Waals surface area contributed by atoms with Crippen molar-refractivity contribution in [2.24, 2.45) is 5.73 Å². The van der Waals surface area contributed by atoms with E-state index in [1.165, 1.54) is 0 Å². The lowest BCUT2D eigenvalue weighted by atomic mass is 10.0. The second kappa shape index (κ2) is 10.0. The van der Waals surface area contributed by atoms with E-state index in [2.05, 4.69) is 5.32 Å². The highest BCUT2D eigenvalue weighted by Gasteiger charge is 2.18. The first-order valence-electron chi connectivity index (χ1n) is 7.43. The standard InChI is InChI=1S/C18H22N2O2.ClH/c19-17(12-15-9-5-2-6-10-15)18(22)20-16(13-21)11-14-7-3-1-4-8-14;/h1-10,16-17,21H,11-13,19H2,(H,20,22);1H/t16-,17+;/m0./s1. The number of aliphatic hydroxyl groups excluding tert-OH is 1. The lowest BCUT2D eigenvalue weighted by Gasteiger charge is -2.19. The van der Waals surface area contributed by atoms with Gasteiger partial charge in [-0.25, -0.2) is 0 Å². The van der Waals surface area contributed by atoms with E-state index in [1.807, 2.05) is 60.7 Å². The van der Waals surface area contributed by atoms with Crippen LogP contribution >= 0.6 is 12.4 Å². The summed E-state index contributed by atoms with van der Waals surface area (Å²) in [4.78, 5) is 12.2. The lowest BCUT2D eigenvalue weighted by molar-refractivity contribution is -0.123. The van der Waals surface area contributed by atoms with Crippen molar-refractivity contribution in [3.8, 4) is 0 Å². The molecule has 4 N–H and O–H groups in total. The smallest absolute Gasteiger partial charge is 0.237 e. The van der Waals surface area contributed by atoms with Crippen molar-refractivity contribution in [3.63, 3.8) is 0 Å². The van der Waals surface area contributed by atoms with Crippen LogP contribution in [0, 0.1) is 0 Å². The molecule has 5 heteroatoms. The Bertz CT molecular complexity index is 578. The average Bonchev–Trinajstić information content (AvgIpc) is 2.56. The zero-order valence-corrected chi connectivity index (χ0v) is 13.7. The normalized spacial score (nSPS) is 12.8. The van der Waals surface area contributed by atoms with Crippen LogP contribution in [0.1, 0.15) is 11.1 Å². The number of nitrogens with two attached hydrogens (primary N) is 1. The van der Waals surface area contributed by atoms with Crippen LogP contribution in [0.15, 0.2) is 60.7 Å². The van der Waals surface area contributed by atoms with Gasteiger partial charge < -0.3 is 16.2 Å². The summed E-state index contributed by atoms with van der Waals surface area (Å²) in [6, 6.07) is 18.5. The number of nitrogens with one attached hydrogen (secondary N) is 1. The topological polar surface area (TPSA) is 75.4 Å². The summed E-state index contributed by atoms with van der Waals surface area (Å²) in [6.07, 6.45) is 1.07. The maximum Gasteiger partial charge on any atom is 0.237 e. The molecule has 2 aromatic rings. The number of hydrogen-bond acceptors (Lipinski definition) is 3. The molecule has 2 atom stereocenters. The van der Waals surface area contributed by atoms with Gasteiger partial charge in [-0.05, 0) is 24.0 Å². The predicted octanol–water partition coefficient (Wildman–Crippen LogP) is 1.70. The third-order valence-electron chi connectivity index (χ3n) is 3.53. The molecule has 0 radical (unpaired) electrons. The molecule has 2 rings (SSSR count). The second-order valence-electron chi connectivity index (χ2n) is 5.37. The fourth-order valence-electron chi connectivity index (χ4n) is 2.33. The van der Waals surface area contributed by atoms with Crippen LogP contribution in [0.3, 0.4) is 0 Å². The molecule has 0 fully saturated rings. The van der Waals surface area contributed by atoms with Gasteiger partial charge >= 0.3 is 0 Å². The van der Waals surface area contributed by atoms with Crippen molar-refractivity contribution < 1.29 is 9.90 Å². The van der Waals surface area contributed by atoms with Gasteiger partial charge in [0.2, 0.25) is 5.91 Å². The van der Waals surface area contributed by atoms with E-state index in [-0.39, 0.29) is 31.0 Å². The molecule has 0 bridgehead atoms.